The Morgan fingerprint density at radius 3 is 2.32 bits per heavy atom. The van der Waals surface area contributed by atoms with Crippen molar-refractivity contribution in [2.45, 2.75) is 47.1 Å². The average molecular weight is 341 g/mol. The SMILES string of the molecule is Cc1cccc(C)c1OC(C)CNc1cccc(OCCC(C)C)c1. The average Bonchev–Trinajstić information content (AvgIpc) is 2.56. The summed E-state index contributed by atoms with van der Waals surface area (Å²) >= 11 is 0. The Hall–Kier alpha value is -2.16. The summed E-state index contributed by atoms with van der Waals surface area (Å²) in [6, 6.07) is 14.4. The van der Waals surface area contributed by atoms with Gasteiger partial charge in [-0.1, -0.05) is 38.1 Å². The molecule has 0 amide bonds. The van der Waals surface area contributed by atoms with E-state index in [0.717, 1.165) is 36.8 Å². The summed E-state index contributed by atoms with van der Waals surface area (Å²) < 4.78 is 11.9. The molecule has 0 aliphatic heterocycles. The first-order valence-corrected chi connectivity index (χ1v) is 9.15. The van der Waals surface area contributed by atoms with Crippen LogP contribution in [0.15, 0.2) is 42.5 Å². The number of aryl methyl sites for hydroxylation is 2. The van der Waals surface area contributed by atoms with Gasteiger partial charge in [0.2, 0.25) is 0 Å². The molecule has 0 aliphatic carbocycles. The van der Waals surface area contributed by atoms with Crippen LogP contribution in [0.25, 0.3) is 0 Å². The Bertz CT molecular complexity index is 647. The second-order valence-corrected chi connectivity index (χ2v) is 7.09. The number of nitrogens with one attached hydrogen (secondary N) is 1. The predicted octanol–water partition coefficient (Wildman–Crippen LogP) is 5.61. The van der Waals surface area contributed by atoms with Gasteiger partial charge < -0.3 is 14.8 Å². The smallest absolute Gasteiger partial charge is 0.125 e. The molecule has 2 rings (SSSR count). The van der Waals surface area contributed by atoms with Gasteiger partial charge in [0.15, 0.2) is 0 Å². The standard InChI is InChI=1S/C22H31NO2/c1-16(2)12-13-24-21-11-7-10-20(14-21)23-15-19(5)25-22-17(3)8-6-9-18(22)4/h6-11,14,16,19,23H,12-13,15H2,1-5H3. The summed E-state index contributed by atoms with van der Waals surface area (Å²) in [4.78, 5) is 0. The van der Waals surface area contributed by atoms with Crippen LogP contribution in [0.1, 0.15) is 38.3 Å². The zero-order valence-electron chi connectivity index (χ0n) is 16.1. The summed E-state index contributed by atoms with van der Waals surface area (Å²) in [7, 11) is 0. The molecule has 3 nitrogen and oxygen atoms in total. The van der Waals surface area contributed by atoms with Gasteiger partial charge in [-0.05, 0) is 56.4 Å². The van der Waals surface area contributed by atoms with Gasteiger partial charge in [0.1, 0.15) is 17.6 Å². The van der Waals surface area contributed by atoms with E-state index in [-0.39, 0.29) is 6.10 Å². The van der Waals surface area contributed by atoms with Crippen LogP contribution in [0.4, 0.5) is 5.69 Å². The minimum Gasteiger partial charge on any atom is -0.494 e. The number of hydrogen-bond acceptors (Lipinski definition) is 3. The van der Waals surface area contributed by atoms with E-state index in [9.17, 15) is 0 Å². The van der Waals surface area contributed by atoms with Crippen molar-refractivity contribution in [2.24, 2.45) is 5.92 Å². The molecule has 0 aliphatic rings. The molecule has 136 valence electrons. The van der Waals surface area contributed by atoms with Gasteiger partial charge in [-0.15, -0.1) is 0 Å². The molecule has 0 saturated carbocycles. The van der Waals surface area contributed by atoms with E-state index in [1.165, 1.54) is 11.1 Å². The van der Waals surface area contributed by atoms with Crippen molar-refractivity contribution in [3.63, 3.8) is 0 Å². The highest BCUT2D eigenvalue weighted by molar-refractivity contribution is 5.48. The van der Waals surface area contributed by atoms with Crippen LogP contribution in [0.5, 0.6) is 11.5 Å². The summed E-state index contributed by atoms with van der Waals surface area (Å²) in [5.74, 6) is 2.56. The molecule has 25 heavy (non-hydrogen) atoms. The molecule has 1 N–H and O–H groups in total. The lowest BCUT2D eigenvalue weighted by molar-refractivity contribution is 0.231. The largest absolute Gasteiger partial charge is 0.494 e. The fourth-order valence-electron chi connectivity index (χ4n) is 2.60. The molecule has 1 unspecified atom stereocenters. The quantitative estimate of drug-likeness (QED) is 0.643. The molecule has 0 bridgehead atoms. The summed E-state index contributed by atoms with van der Waals surface area (Å²) in [5.41, 5.74) is 3.40. The highest BCUT2D eigenvalue weighted by Crippen LogP contribution is 2.24. The highest BCUT2D eigenvalue weighted by atomic mass is 16.5. The van der Waals surface area contributed by atoms with Gasteiger partial charge in [-0.25, -0.2) is 0 Å². The number of ether oxygens (including phenoxy) is 2. The maximum Gasteiger partial charge on any atom is 0.125 e. The summed E-state index contributed by atoms with van der Waals surface area (Å²) in [6.07, 6.45) is 1.14. The van der Waals surface area contributed by atoms with E-state index in [0.29, 0.717) is 5.92 Å². The van der Waals surface area contributed by atoms with Gasteiger partial charge in [-0.3, -0.25) is 0 Å². The van der Waals surface area contributed by atoms with Crippen LogP contribution >= 0.6 is 0 Å². The van der Waals surface area contributed by atoms with E-state index >= 15 is 0 Å². The number of anilines is 1. The number of rotatable bonds is 9. The lowest BCUT2D eigenvalue weighted by Gasteiger charge is -2.19. The maximum atomic E-state index is 6.13. The van der Waals surface area contributed by atoms with Gasteiger partial charge in [0, 0.05) is 11.8 Å². The minimum atomic E-state index is 0.0744. The normalized spacial score (nSPS) is 12.1. The van der Waals surface area contributed by atoms with Gasteiger partial charge in [0.05, 0.1) is 13.2 Å². The maximum absolute atomic E-state index is 6.13. The van der Waals surface area contributed by atoms with Crippen molar-refractivity contribution in [1.29, 1.82) is 0 Å². The zero-order valence-corrected chi connectivity index (χ0v) is 16.1. The first-order chi connectivity index (χ1) is 12.0. The second kappa shape index (κ2) is 9.36. The molecule has 0 saturated heterocycles. The van der Waals surface area contributed by atoms with Crippen LogP contribution in [-0.4, -0.2) is 19.3 Å². The van der Waals surface area contributed by atoms with Gasteiger partial charge in [-0.2, -0.15) is 0 Å². The molecule has 0 spiro atoms. The van der Waals surface area contributed by atoms with Crippen molar-refractivity contribution in [3.05, 3.63) is 53.6 Å². The molecule has 0 fully saturated rings. The first kappa shape index (κ1) is 19.2. The third-order valence-electron chi connectivity index (χ3n) is 4.12. The molecule has 0 aromatic heterocycles. The number of benzene rings is 2. The number of para-hydroxylation sites is 1. The van der Waals surface area contributed by atoms with Crippen molar-refractivity contribution < 1.29 is 9.47 Å². The van der Waals surface area contributed by atoms with E-state index in [2.05, 4.69) is 64.2 Å². The lowest BCUT2D eigenvalue weighted by Crippen LogP contribution is -2.23. The summed E-state index contributed by atoms with van der Waals surface area (Å²) in [5, 5.41) is 3.44. The first-order valence-electron chi connectivity index (χ1n) is 9.15. The molecular formula is C22H31NO2. The van der Waals surface area contributed by atoms with Gasteiger partial charge >= 0.3 is 0 Å². The number of hydrogen-bond donors (Lipinski definition) is 1. The molecule has 2 aromatic rings. The molecule has 1 atom stereocenters. The fourth-order valence-corrected chi connectivity index (χ4v) is 2.60. The van der Waals surface area contributed by atoms with E-state index < -0.39 is 0 Å². The topological polar surface area (TPSA) is 30.5 Å². The van der Waals surface area contributed by atoms with Crippen molar-refractivity contribution in [3.8, 4) is 11.5 Å². The third kappa shape index (κ3) is 6.33. The van der Waals surface area contributed by atoms with Crippen molar-refractivity contribution in [2.75, 3.05) is 18.5 Å². The van der Waals surface area contributed by atoms with Crippen LogP contribution in [0.3, 0.4) is 0 Å². The second-order valence-electron chi connectivity index (χ2n) is 7.09. The van der Waals surface area contributed by atoms with Crippen molar-refractivity contribution >= 4 is 5.69 Å². The van der Waals surface area contributed by atoms with E-state index in [1.54, 1.807) is 0 Å². The summed E-state index contributed by atoms with van der Waals surface area (Å²) in [6.45, 7) is 12.2. The monoisotopic (exact) mass is 341 g/mol. The third-order valence-corrected chi connectivity index (χ3v) is 4.12. The van der Waals surface area contributed by atoms with Crippen LogP contribution in [0.2, 0.25) is 0 Å². The van der Waals surface area contributed by atoms with E-state index in [1.807, 2.05) is 18.2 Å². The van der Waals surface area contributed by atoms with Gasteiger partial charge in [0.25, 0.3) is 0 Å². The van der Waals surface area contributed by atoms with Crippen LogP contribution in [0, 0.1) is 19.8 Å². The minimum absolute atomic E-state index is 0.0744. The molecule has 0 heterocycles. The highest BCUT2D eigenvalue weighted by Gasteiger charge is 2.09. The lowest BCUT2D eigenvalue weighted by atomic mass is 10.1. The fraction of sp³-hybridized carbons (Fsp3) is 0.455. The molecular weight excluding hydrogens is 310 g/mol. The Morgan fingerprint density at radius 2 is 1.64 bits per heavy atom. The van der Waals surface area contributed by atoms with E-state index in [4.69, 9.17) is 9.47 Å². The molecule has 0 radical (unpaired) electrons. The Morgan fingerprint density at radius 1 is 0.960 bits per heavy atom. The molecule has 2 aromatic carbocycles. The Kier molecular flexibility index (Phi) is 7.17. The molecule has 3 heteroatoms. The Labute approximate surface area is 152 Å². The van der Waals surface area contributed by atoms with Crippen LogP contribution < -0.4 is 14.8 Å². The predicted molar refractivity (Wildman–Crippen MR) is 106 cm³/mol. The van der Waals surface area contributed by atoms with Crippen molar-refractivity contribution in [1.82, 2.24) is 0 Å². The Balaban J connectivity index is 1.86. The van der Waals surface area contributed by atoms with Crippen LogP contribution in [-0.2, 0) is 0 Å². The zero-order chi connectivity index (χ0) is 18.2.